The molecule has 0 aromatic heterocycles. The molecule has 0 spiro atoms. The molecule has 0 aromatic rings. The highest BCUT2D eigenvalue weighted by Gasteiger charge is 2.51. The number of fused-ring (bicyclic) bond motifs is 1. The van der Waals surface area contributed by atoms with Gasteiger partial charge in [0, 0.05) is 6.10 Å². The number of carbonyl (C=O) groups excluding carboxylic acids is 1. The fraction of sp³-hybridized carbons (Fsp3) is 0.864. The molecule has 0 saturated heterocycles. The molecule has 3 nitrogen and oxygen atoms in total. The normalized spacial score (nSPS) is 30.5. The number of allylic oxidation sites excluding steroid dienone is 2. The minimum Gasteiger partial charge on any atom is -0.466 e. The van der Waals surface area contributed by atoms with Crippen LogP contribution in [-0.2, 0) is 14.0 Å². The van der Waals surface area contributed by atoms with E-state index < -0.39 is 8.32 Å². The standard InChI is InChI=1S/C22H40O3Si/c1-9-24-20(23)15-16(2)17-12-13-18-19(11-10-14-22(17,18)6)25-26(7,8)21(3,4)5/h12,16,18-19H,9-11,13-15H2,1-8H3/t16-,18-,19?,22?/m0/s1. The Labute approximate surface area is 162 Å². The monoisotopic (exact) mass is 380 g/mol. The van der Waals surface area contributed by atoms with Crippen molar-refractivity contribution in [3.63, 3.8) is 0 Å². The molecule has 1 saturated carbocycles. The lowest BCUT2D eigenvalue weighted by Gasteiger charge is -2.49. The van der Waals surface area contributed by atoms with E-state index in [0.717, 1.165) is 6.42 Å². The fourth-order valence-corrected chi connectivity index (χ4v) is 6.16. The van der Waals surface area contributed by atoms with Gasteiger partial charge in [0.05, 0.1) is 13.0 Å². The van der Waals surface area contributed by atoms with E-state index in [9.17, 15) is 4.79 Å². The van der Waals surface area contributed by atoms with Crippen molar-refractivity contribution >= 4 is 14.3 Å². The van der Waals surface area contributed by atoms with Crippen LogP contribution in [0.3, 0.4) is 0 Å². The first-order valence-electron chi connectivity index (χ1n) is 10.5. The predicted molar refractivity (Wildman–Crippen MR) is 111 cm³/mol. The topological polar surface area (TPSA) is 35.5 Å². The molecule has 2 rings (SSSR count). The average Bonchev–Trinajstić information content (AvgIpc) is 2.84. The number of esters is 1. The van der Waals surface area contributed by atoms with Crippen LogP contribution >= 0.6 is 0 Å². The molecule has 0 radical (unpaired) electrons. The number of rotatable bonds is 6. The van der Waals surface area contributed by atoms with Crippen molar-refractivity contribution in [2.24, 2.45) is 17.3 Å². The van der Waals surface area contributed by atoms with Gasteiger partial charge < -0.3 is 9.16 Å². The first kappa shape index (κ1) is 21.7. The van der Waals surface area contributed by atoms with Gasteiger partial charge in [-0.05, 0) is 61.6 Å². The molecule has 0 N–H and O–H groups in total. The van der Waals surface area contributed by atoms with E-state index in [1.165, 1.54) is 24.8 Å². The first-order valence-corrected chi connectivity index (χ1v) is 13.4. The van der Waals surface area contributed by atoms with E-state index in [1.54, 1.807) is 0 Å². The Hall–Kier alpha value is -0.613. The average molecular weight is 381 g/mol. The Kier molecular flexibility index (Phi) is 6.49. The maximum absolute atomic E-state index is 12.0. The third-order valence-electron chi connectivity index (χ3n) is 7.26. The lowest BCUT2D eigenvalue weighted by molar-refractivity contribution is -0.143. The lowest BCUT2D eigenvalue weighted by Crippen LogP contribution is -2.49. The van der Waals surface area contributed by atoms with E-state index >= 15 is 0 Å². The number of hydrogen-bond acceptors (Lipinski definition) is 3. The predicted octanol–water partition coefficient (Wildman–Crippen LogP) is 6.10. The number of carbonyl (C=O) groups is 1. The van der Waals surface area contributed by atoms with Crippen molar-refractivity contribution in [3.8, 4) is 0 Å². The van der Waals surface area contributed by atoms with E-state index in [0.29, 0.717) is 25.0 Å². The molecule has 0 amide bonds. The summed E-state index contributed by atoms with van der Waals surface area (Å²) in [6.07, 6.45) is 7.98. The van der Waals surface area contributed by atoms with Crippen LogP contribution in [0.25, 0.3) is 0 Å². The van der Waals surface area contributed by atoms with Gasteiger partial charge in [-0.1, -0.05) is 52.7 Å². The third kappa shape index (κ3) is 4.27. The van der Waals surface area contributed by atoms with E-state index in [4.69, 9.17) is 9.16 Å². The van der Waals surface area contributed by atoms with Gasteiger partial charge in [0.1, 0.15) is 0 Å². The van der Waals surface area contributed by atoms with Gasteiger partial charge in [0.25, 0.3) is 0 Å². The van der Waals surface area contributed by atoms with Crippen molar-refractivity contribution in [2.45, 2.75) is 97.9 Å². The molecule has 1 fully saturated rings. The van der Waals surface area contributed by atoms with Crippen LogP contribution in [0.4, 0.5) is 0 Å². The van der Waals surface area contributed by atoms with Crippen LogP contribution in [0, 0.1) is 17.3 Å². The van der Waals surface area contributed by atoms with Gasteiger partial charge in [-0.15, -0.1) is 0 Å². The van der Waals surface area contributed by atoms with Crippen molar-refractivity contribution < 1.29 is 14.0 Å². The minimum atomic E-state index is -1.77. The highest BCUT2D eigenvalue weighted by molar-refractivity contribution is 6.74. The SMILES string of the molecule is CCOC(=O)C[C@H](C)C1=CC[C@H]2C(O[Si](C)(C)C(C)(C)C)CCCC12C. The van der Waals surface area contributed by atoms with Crippen LogP contribution in [0.2, 0.25) is 18.1 Å². The molecule has 0 bridgehead atoms. The maximum Gasteiger partial charge on any atom is 0.306 e. The second-order valence-electron chi connectivity index (χ2n) is 10.1. The third-order valence-corrected chi connectivity index (χ3v) is 11.8. The Morgan fingerprint density at radius 3 is 2.62 bits per heavy atom. The summed E-state index contributed by atoms with van der Waals surface area (Å²) >= 11 is 0. The number of ether oxygens (including phenoxy) is 1. The van der Waals surface area contributed by atoms with Crippen LogP contribution in [0.15, 0.2) is 11.6 Å². The zero-order chi connectivity index (χ0) is 19.8. The van der Waals surface area contributed by atoms with Gasteiger partial charge in [-0.25, -0.2) is 0 Å². The van der Waals surface area contributed by atoms with E-state index in [-0.39, 0.29) is 22.3 Å². The van der Waals surface area contributed by atoms with E-state index in [1.807, 2.05) is 6.92 Å². The molecule has 4 atom stereocenters. The van der Waals surface area contributed by atoms with Gasteiger partial charge >= 0.3 is 5.97 Å². The smallest absolute Gasteiger partial charge is 0.306 e. The molecular formula is C22H40O3Si. The molecule has 0 aromatic carbocycles. The summed E-state index contributed by atoms with van der Waals surface area (Å²) in [5, 5.41) is 0.243. The Morgan fingerprint density at radius 2 is 2.04 bits per heavy atom. The Bertz CT molecular complexity index is 546. The van der Waals surface area contributed by atoms with Gasteiger partial charge in [-0.3, -0.25) is 4.79 Å². The molecule has 0 aliphatic heterocycles. The lowest BCUT2D eigenvalue weighted by atomic mass is 9.63. The molecule has 4 heteroatoms. The van der Waals surface area contributed by atoms with Crippen LogP contribution < -0.4 is 0 Å². The minimum absolute atomic E-state index is 0.0715. The molecule has 0 heterocycles. The fourth-order valence-electron chi connectivity index (χ4n) is 4.76. The summed E-state index contributed by atoms with van der Waals surface area (Å²) in [5.41, 5.74) is 1.65. The Morgan fingerprint density at radius 1 is 1.38 bits per heavy atom. The zero-order valence-electron chi connectivity index (χ0n) is 18.3. The summed E-state index contributed by atoms with van der Waals surface area (Å²) in [7, 11) is -1.77. The maximum atomic E-state index is 12.0. The quantitative estimate of drug-likeness (QED) is 0.317. The van der Waals surface area contributed by atoms with Crippen LogP contribution in [-0.4, -0.2) is 27.0 Å². The van der Waals surface area contributed by atoms with Crippen molar-refractivity contribution in [3.05, 3.63) is 11.6 Å². The van der Waals surface area contributed by atoms with Gasteiger partial charge in [-0.2, -0.15) is 0 Å². The molecule has 2 aliphatic rings. The molecule has 2 unspecified atom stereocenters. The summed E-state index contributed by atoms with van der Waals surface area (Å²) in [6.45, 7) is 18.6. The number of hydrogen-bond donors (Lipinski definition) is 0. The summed E-state index contributed by atoms with van der Waals surface area (Å²) in [6, 6.07) is 0. The molecular weight excluding hydrogens is 340 g/mol. The summed E-state index contributed by atoms with van der Waals surface area (Å²) in [5.74, 6) is 0.749. The van der Waals surface area contributed by atoms with Crippen molar-refractivity contribution in [2.75, 3.05) is 6.61 Å². The molecule has 2 aliphatic carbocycles. The van der Waals surface area contributed by atoms with Gasteiger partial charge in [0.15, 0.2) is 8.32 Å². The zero-order valence-corrected chi connectivity index (χ0v) is 19.3. The second-order valence-corrected chi connectivity index (χ2v) is 14.9. The Balaban J connectivity index is 2.13. The largest absolute Gasteiger partial charge is 0.466 e. The van der Waals surface area contributed by atoms with Crippen LogP contribution in [0.5, 0.6) is 0 Å². The van der Waals surface area contributed by atoms with Gasteiger partial charge in [0.2, 0.25) is 0 Å². The summed E-state index contributed by atoms with van der Waals surface area (Å²) < 4.78 is 12.1. The van der Waals surface area contributed by atoms with E-state index in [2.05, 4.69) is 53.8 Å². The van der Waals surface area contributed by atoms with Crippen molar-refractivity contribution in [1.29, 1.82) is 0 Å². The highest BCUT2D eigenvalue weighted by atomic mass is 28.4. The highest BCUT2D eigenvalue weighted by Crippen LogP contribution is 2.56. The van der Waals surface area contributed by atoms with Crippen LogP contribution in [0.1, 0.15) is 73.6 Å². The molecule has 26 heavy (non-hydrogen) atoms. The summed E-state index contributed by atoms with van der Waals surface area (Å²) in [4.78, 5) is 12.0. The first-order chi connectivity index (χ1) is 11.9. The van der Waals surface area contributed by atoms with Crippen molar-refractivity contribution in [1.82, 2.24) is 0 Å². The molecule has 150 valence electrons. The second kappa shape index (κ2) is 7.79.